The number of alkyl carbamates (subject to hydrolysis) is 1. The van der Waals surface area contributed by atoms with Crippen molar-refractivity contribution >= 4 is 23.9 Å². The summed E-state index contributed by atoms with van der Waals surface area (Å²) in [5, 5.41) is 25.0. The smallest absolute Gasteiger partial charge is 0.412 e. The third-order valence-corrected chi connectivity index (χ3v) is 9.14. The minimum Gasteiger partial charge on any atom is -0.497 e. The third kappa shape index (κ3) is 12.7. The van der Waals surface area contributed by atoms with Crippen LogP contribution in [0.15, 0.2) is 54.9 Å². The van der Waals surface area contributed by atoms with Crippen molar-refractivity contribution in [2.45, 2.75) is 74.1 Å². The largest absolute Gasteiger partial charge is 0.497 e. The van der Waals surface area contributed by atoms with Crippen molar-refractivity contribution in [1.82, 2.24) is 30.0 Å². The van der Waals surface area contributed by atoms with E-state index in [1.807, 2.05) is 41.5 Å². The molecule has 2 heterocycles. The molecule has 1 unspecified atom stereocenters. The maximum absolute atomic E-state index is 16.5. The molecule has 2 aromatic carbocycles. The highest BCUT2D eigenvalue weighted by molar-refractivity contribution is 6.04. The van der Waals surface area contributed by atoms with E-state index in [9.17, 15) is 19.5 Å². The molecule has 2 aromatic heterocycles. The van der Waals surface area contributed by atoms with Gasteiger partial charge in [-0.05, 0) is 55.2 Å². The average molecular weight is 836 g/mol. The quantitative estimate of drug-likeness (QED) is 0.0249. The van der Waals surface area contributed by atoms with Gasteiger partial charge in [0.1, 0.15) is 18.2 Å². The summed E-state index contributed by atoms with van der Waals surface area (Å²) in [6.45, 7) is 13.3. The van der Waals surface area contributed by atoms with Crippen LogP contribution in [0.1, 0.15) is 90.2 Å². The van der Waals surface area contributed by atoms with E-state index in [1.165, 1.54) is 45.5 Å². The number of amidine groups is 1. The molecule has 0 aliphatic heterocycles. The predicted octanol–water partition coefficient (Wildman–Crippen LogP) is 5.93. The first-order chi connectivity index (χ1) is 28.3. The van der Waals surface area contributed by atoms with E-state index in [2.05, 4.69) is 25.4 Å². The number of esters is 2. The van der Waals surface area contributed by atoms with Crippen LogP contribution < -0.4 is 19.5 Å². The fourth-order valence-electron chi connectivity index (χ4n) is 5.13. The lowest BCUT2D eigenvalue weighted by molar-refractivity contribution is -0.175. The molecule has 0 radical (unpaired) electrons. The lowest BCUT2D eigenvalue weighted by Crippen LogP contribution is -2.38. The fraction of sp³-hybridized carbons (Fsp3) is 0.476. The van der Waals surface area contributed by atoms with E-state index in [0.29, 0.717) is 11.1 Å². The summed E-state index contributed by atoms with van der Waals surface area (Å²) in [5.41, 5.74) is -1.13. The number of amides is 1. The lowest BCUT2D eigenvalue weighted by Gasteiger charge is -2.24. The Morgan fingerprint density at radius 1 is 0.933 bits per heavy atom. The third-order valence-electron chi connectivity index (χ3n) is 9.14. The highest BCUT2D eigenvalue weighted by Gasteiger charge is 2.40. The molecule has 60 heavy (non-hydrogen) atoms. The molecule has 4 aromatic rings. The van der Waals surface area contributed by atoms with Gasteiger partial charge in [0.15, 0.2) is 22.8 Å². The number of hydrogen-bond donors (Lipinski definition) is 3. The molecule has 324 valence electrons. The summed E-state index contributed by atoms with van der Waals surface area (Å²) in [5.74, 6) is -3.53. The van der Waals surface area contributed by atoms with Crippen LogP contribution in [-0.4, -0.2) is 94.0 Å². The van der Waals surface area contributed by atoms with Gasteiger partial charge in [-0.15, -0.1) is 9.78 Å². The van der Waals surface area contributed by atoms with Crippen molar-refractivity contribution in [3.63, 3.8) is 0 Å². The molecule has 0 fully saturated rings. The lowest BCUT2D eigenvalue weighted by atomic mass is 9.90. The minimum atomic E-state index is -1.67. The summed E-state index contributed by atoms with van der Waals surface area (Å²) in [7, 11) is 1.41. The van der Waals surface area contributed by atoms with Crippen molar-refractivity contribution in [3.8, 4) is 23.5 Å². The molecule has 0 saturated heterocycles. The minimum absolute atomic E-state index is 0.0198. The molecule has 0 aliphatic carbocycles. The van der Waals surface area contributed by atoms with Crippen LogP contribution in [0.3, 0.4) is 0 Å². The highest BCUT2D eigenvalue weighted by Crippen LogP contribution is 2.37. The zero-order valence-electron chi connectivity index (χ0n) is 35.5. The van der Waals surface area contributed by atoms with Gasteiger partial charge in [-0.2, -0.15) is 4.98 Å². The molecule has 0 saturated carbocycles. The van der Waals surface area contributed by atoms with Gasteiger partial charge in [0, 0.05) is 29.6 Å². The van der Waals surface area contributed by atoms with Crippen molar-refractivity contribution < 1.29 is 52.3 Å². The standard InChI is InChI=1S/C42H54FN7O10/c1-10-41(5,6)24-58-39(54)47-33(44)27-14-12-26(13-15-27)20-30(29-21-28(55-9)22-31(32(29)43)56-19-18-51)34-48-38(50(49-34)37-45-16-11-17-46-37)60-25-59-36(53)42(7,8)35(52)57-23-40(2,3)4/h11-17,21-22,30,51H,10,18-20,23-25H2,1-9H3,(H2,44,47,54). The topological polar surface area (TPSA) is 219 Å². The number of methoxy groups -OCH3 is 1. The van der Waals surface area contributed by atoms with Gasteiger partial charge < -0.3 is 33.5 Å². The van der Waals surface area contributed by atoms with Crippen LogP contribution in [0.2, 0.25) is 0 Å². The second-order valence-electron chi connectivity index (χ2n) is 16.3. The molecule has 0 bridgehead atoms. The van der Waals surface area contributed by atoms with Gasteiger partial charge in [0.05, 0.1) is 32.8 Å². The summed E-state index contributed by atoms with van der Waals surface area (Å²) < 4.78 is 50.4. The number of hydrogen-bond acceptors (Lipinski definition) is 15. The predicted molar refractivity (Wildman–Crippen MR) is 216 cm³/mol. The summed E-state index contributed by atoms with van der Waals surface area (Å²) >= 11 is 0. The number of nitrogens with zero attached hydrogens (tertiary/aromatic N) is 5. The van der Waals surface area contributed by atoms with Crippen molar-refractivity contribution in [1.29, 1.82) is 5.41 Å². The SMILES string of the molecule is CCC(C)(C)COC(=O)NC(=N)c1ccc(CC(c2nc(OCOC(=O)C(C)(C)C(=O)OCC(C)(C)C)n(-c3ncccn3)n2)c2cc(OC)cc(OCCO)c2F)cc1. The van der Waals surface area contributed by atoms with Crippen molar-refractivity contribution in [3.05, 3.63) is 83.2 Å². The van der Waals surface area contributed by atoms with Gasteiger partial charge in [-0.3, -0.25) is 20.3 Å². The van der Waals surface area contributed by atoms with E-state index in [0.717, 1.165) is 11.1 Å². The summed E-state index contributed by atoms with van der Waals surface area (Å²) in [4.78, 5) is 51.4. The zero-order chi connectivity index (χ0) is 44.3. The number of rotatable bonds is 19. The first-order valence-corrected chi connectivity index (χ1v) is 19.2. The van der Waals surface area contributed by atoms with Crippen LogP contribution in [0.25, 0.3) is 5.95 Å². The molecule has 3 N–H and O–H groups in total. The Balaban J connectivity index is 1.69. The molecule has 17 nitrogen and oxygen atoms in total. The molecule has 4 rings (SSSR count). The molecular formula is C42H54FN7O10. The van der Waals surface area contributed by atoms with E-state index in [4.69, 9.17) is 33.8 Å². The van der Waals surface area contributed by atoms with E-state index >= 15 is 4.39 Å². The van der Waals surface area contributed by atoms with Gasteiger partial charge in [0.25, 0.3) is 5.95 Å². The van der Waals surface area contributed by atoms with Crippen LogP contribution in [0.4, 0.5) is 9.18 Å². The first kappa shape index (κ1) is 46.5. The molecule has 0 spiro atoms. The molecular weight excluding hydrogens is 781 g/mol. The molecule has 1 atom stereocenters. The zero-order valence-corrected chi connectivity index (χ0v) is 35.5. The van der Waals surface area contributed by atoms with E-state index in [1.54, 1.807) is 30.3 Å². The van der Waals surface area contributed by atoms with Gasteiger partial charge in [-0.25, -0.2) is 19.2 Å². The number of aromatic nitrogens is 5. The second-order valence-corrected chi connectivity index (χ2v) is 16.3. The molecule has 1 amide bonds. The second kappa shape index (κ2) is 20.2. The molecule has 0 aliphatic rings. The number of carbonyl (C=O) groups excluding carboxylic acids is 3. The van der Waals surface area contributed by atoms with E-state index in [-0.39, 0.29) is 84.4 Å². The Labute approximate surface area is 348 Å². The maximum Gasteiger partial charge on any atom is 0.412 e. The van der Waals surface area contributed by atoms with Crippen LogP contribution >= 0.6 is 0 Å². The van der Waals surface area contributed by atoms with Crippen molar-refractivity contribution in [2.75, 3.05) is 40.3 Å². The average Bonchev–Trinajstić information content (AvgIpc) is 3.64. The van der Waals surface area contributed by atoms with E-state index < -0.39 is 42.0 Å². The Bertz CT molecular complexity index is 2100. The highest BCUT2D eigenvalue weighted by atomic mass is 19.1. The van der Waals surface area contributed by atoms with Gasteiger partial charge in [-0.1, -0.05) is 65.8 Å². The Morgan fingerprint density at radius 3 is 2.22 bits per heavy atom. The molecule has 18 heteroatoms. The number of nitrogens with one attached hydrogen (secondary N) is 2. The number of benzene rings is 2. The fourth-order valence-corrected chi connectivity index (χ4v) is 5.13. The summed E-state index contributed by atoms with van der Waals surface area (Å²) in [6, 6.07) is 10.8. The van der Waals surface area contributed by atoms with Gasteiger partial charge >= 0.3 is 24.0 Å². The maximum atomic E-state index is 16.5. The Morgan fingerprint density at radius 2 is 1.60 bits per heavy atom. The Hall–Kier alpha value is -6.17. The number of carbonyl (C=O) groups is 3. The van der Waals surface area contributed by atoms with Crippen LogP contribution in [0.5, 0.6) is 17.5 Å². The number of aliphatic hydroxyl groups is 1. The van der Waals surface area contributed by atoms with Crippen molar-refractivity contribution in [2.24, 2.45) is 16.2 Å². The normalized spacial score (nSPS) is 12.2. The Kier molecular flexibility index (Phi) is 15.7. The summed E-state index contributed by atoms with van der Waals surface area (Å²) in [6.07, 6.45) is 3.04. The monoisotopic (exact) mass is 835 g/mol. The van der Waals surface area contributed by atoms with Crippen LogP contribution in [0, 0.1) is 27.5 Å². The number of halogens is 1. The number of aliphatic hydroxyl groups excluding tert-OH is 1. The van der Waals surface area contributed by atoms with Gasteiger partial charge in [0.2, 0.25) is 6.79 Å². The number of ether oxygens (including phenoxy) is 6. The first-order valence-electron chi connectivity index (χ1n) is 19.2. The van der Waals surface area contributed by atoms with Crippen LogP contribution in [-0.2, 0) is 30.2 Å².